The zero-order valence-corrected chi connectivity index (χ0v) is 9.80. The number of nitrogens with zero attached hydrogens (tertiary/aromatic N) is 2. The van der Waals surface area contributed by atoms with E-state index in [1.807, 2.05) is 24.1 Å². The van der Waals surface area contributed by atoms with Gasteiger partial charge < -0.3 is 14.7 Å². The van der Waals surface area contributed by atoms with E-state index in [9.17, 15) is 9.90 Å². The van der Waals surface area contributed by atoms with Crippen molar-refractivity contribution in [2.45, 2.75) is 6.54 Å². The van der Waals surface area contributed by atoms with Crippen molar-refractivity contribution in [2.24, 2.45) is 5.41 Å². The van der Waals surface area contributed by atoms with E-state index < -0.39 is 11.4 Å². The average Bonchev–Trinajstić information content (AvgIpc) is 2.24. The third kappa shape index (κ3) is 2.62. The van der Waals surface area contributed by atoms with Gasteiger partial charge in [0.05, 0.1) is 13.2 Å². The molecule has 1 saturated heterocycles. The summed E-state index contributed by atoms with van der Waals surface area (Å²) in [4.78, 5) is 17.1. The molecule has 0 saturated carbocycles. The van der Waals surface area contributed by atoms with Crippen LogP contribution in [0.2, 0.25) is 0 Å². The van der Waals surface area contributed by atoms with Crippen LogP contribution in [-0.4, -0.2) is 47.8 Å². The highest BCUT2D eigenvalue weighted by Crippen LogP contribution is 2.29. The van der Waals surface area contributed by atoms with E-state index in [0.717, 1.165) is 12.1 Å². The van der Waals surface area contributed by atoms with E-state index in [4.69, 9.17) is 4.74 Å². The lowest BCUT2D eigenvalue weighted by atomic mass is 9.85. The lowest BCUT2D eigenvalue weighted by Gasteiger charge is -2.40. The first-order valence-electron chi connectivity index (χ1n) is 5.51. The summed E-state index contributed by atoms with van der Waals surface area (Å²) < 4.78 is 5.03. The second-order valence-electron chi connectivity index (χ2n) is 4.61. The minimum Gasteiger partial charge on any atom is -0.481 e. The van der Waals surface area contributed by atoms with Gasteiger partial charge in [0, 0.05) is 25.5 Å². The zero-order valence-electron chi connectivity index (χ0n) is 9.80. The second kappa shape index (κ2) is 4.81. The number of aliphatic carboxylic acids is 1. The molecule has 1 aliphatic heterocycles. The van der Waals surface area contributed by atoms with Crippen molar-refractivity contribution in [3.05, 3.63) is 30.1 Å². The van der Waals surface area contributed by atoms with Gasteiger partial charge in [-0.05, 0) is 24.7 Å². The van der Waals surface area contributed by atoms with Crippen LogP contribution < -0.4 is 0 Å². The molecule has 17 heavy (non-hydrogen) atoms. The summed E-state index contributed by atoms with van der Waals surface area (Å²) in [6.07, 6.45) is 3.48. The maximum atomic E-state index is 11.2. The third-order valence-corrected chi connectivity index (χ3v) is 2.98. The SMILES string of the molecule is CN(Cc1ccncc1)CC1(C(=O)O)COC1. The number of carboxylic acid groups (broad SMARTS) is 1. The minimum absolute atomic E-state index is 0.309. The largest absolute Gasteiger partial charge is 0.481 e. The predicted molar refractivity (Wildman–Crippen MR) is 61.5 cm³/mol. The summed E-state index contributed by atoms with van der Waals surface area (Å²) in [7, 11) is 1.92. The molecule has 5 heteroatoms. The normalized spacial score (nSPS) is 17.8. The Bertz CT molecular complexity index is 390. The monoisotopic (exact) mass is 236 g/mol. The highest BCUT2D eigenvalue weighted by Gasteiger charge is 2.46. The average molecular weight is 236 g/mol. The maximum Gasteiger partial charge on any atom is 0.315 e. The first-order valence-corrected chi connectivity index (χ1v) is 5.51. The second-order valence-corrected chi connectivity index (χ2v) is 4.61. The summed E-state index contributed by atoms with van der Waals surface area (Å²) in [5, 5.41) is 9.18. The van der Waals surface area contributed by atoms with Crippen molar-refractivity contribution >= 4 is 5.97 Å². The molecule has 5 nitrogen and oxygen atoms in total. The Balaban J connectivity index is 1.93. The molecule has 2 rings (SSSR count). The Morgan fingerprint density at radius 3 is 2.65 bits per heavy atom. The number of ether oxygens (including phenoxy) is 1. The summed E-state index contributed by atoms with van der Waals surface area (Å²) in [6, 6.07) is 3.86. The van der Waals surface area contributed by atoms with Gasteiger partial charge in [-0.3, -0.25) is 9.78 Å². The van der Waals surface area contributed by atoms with Gasteiger partial charge in [0.25, 0.3) is 0 Å². The molecular formula is C12H16N2O3. The lowest BCUT2D eigenvalue weighted by Crippen LogP contribution is -2.55. The molecule has 0 spiro atoms. The number of hydrogen-bond donors (Lipinski definition) is 1. The Morgan fingerprint density at radius 1 is 1.53 bits per heavy atom. The fourth-order valence-electron chi connectivity index (χ4n) is 2.00. The van der Waals surface area contributed by atoms with Crippen LogP contribution in [0, 0.1) is 5.41 Å². The maximum absolute atomic E-state index is 11.2. The van der Waals surface area contributed by atoms with E-state index in [1.165, 1.54) is 0 Å². The van der Waals surface area contributed by atoms with Crippen LogP contribution in [0.3, 0.4) is 0 Å². The Hall–Kier alpha value is -1.46. The standard InChI is InChI=1S/C12H16N2O3/c1-14(6-10-2-4-13-5-3-10)7-12(11(15)16)8-17-9-12/h2-5H,6-9H2,1H3,(H,15,16). The van der Waals surface area contributed by atoms with E-state index >= 15 is 0 Å². The molecule has 1 aliphatic rings. The molecule has 1 fully saturated rings. The van der Waals surface area contributed by atoms with E-state index in [0.29, 0.717) is 19.8 Å². The predicted octanol–water partition coefficient (Wildman–Crippen LogP) is 0.615. The van der Waals surface area contributed by atoms with Gasteiger partial charge in [-0.15, -0.1) is 0 Å². The van der Waals surface area contributed by atoms with Crippen LogP contribution in [0.15, 0.2) is 24.5 Å². The molecule has 0 bridgehead atoms. The Morgan fingerprint density at radius 2 is 2.18 bits per heavy atom. The van der Waals surface area contributed by atoms with Crippen LogP contribution in [-0.2, 0) is 16.1 Å². The molecule has 0 amide bonds. The van der Waals surface area contributed by atoms with Crippen LogP contribution >= 0.6 is 0 Å². The molecular weight excluding hydrogens is 220 g/mol. The molecule has 0 radical (unpaired) electrons. The van der Waals surface area contributed by atoms with Gasteiger partial charge >= 0.3 is 5.97 Å². The van der Waals surface area contributed by atoms with Crippen molar-refractivity contribution < 1.29 is 14.6 Å². The van der Waals surface area contributed by atoms with Gasteiger partial charge in [0.2, 0.25) is 0 Å². The quantitative estimate of drug-likeness (QED) is 0.811. The topological polar surface area (TPSA) is 62.7 Å². The molecule has 0 aliphatic carbocycles. The number of carbonyl (C=O) groups is 1. The van der Waals surface area contributed by atoms with Crippen molar-refractivity contribution in [3.8, 4) is 0 Å². The number of carboxylic acids is 1. The molecule has 2 heterocycles. The number of hydrogen-bond acceptors (Lipinski definition) is 4. The van der Waals surface area contributed by atoms with Crippen LogP contribution in [0.5, 0.6) is 0 Å². The molecule has 92 valence electrons. The van der Waals surface area contributed by atoms with E-state index in [2.05, 4.69) is 4.98 Å². The Labute approximate surface area is 100 Å². The fraction of sp³-hybridized carbons (Fsp3) is 0.500. The fourth-order valence-corrected chi connectivity index (χ4v) is 2.00. The van der Waals surface area contributed by atoms with Crippen molar-refractivity contribution in [1.82, 2.24) is 9.88 Å². The zero-order chi connectivity index (χ0) is 12.3. The van der Waals surface area contributed by atoms with Crippen LogP contribution in [0.25, 0.3) is 0 Å². The van der Waals surface area contributed by atoms with E-state index in [1.54, 1.807) is 12.4 Å². The first-order chi connectivity index (χ1) is 8.12. The van der Waals surface area contributed by atoms with Crippen molar-refractivity contribution in [3.63, 3.8) is 0 Å². The minimum atomic E-state index is -0.773. The van der Waals surface area contributed by atoms with Crippen LogP contribution in [0.1, 0.15) is 5.56 Å². The molecule has 0 atom stereocenters. The highest BCUT2D eigenvalue weighted by molar-refractivity contribution is 5.76. The van der Waals surface area contributed by atoms with Crippen LogP contribution in [0.4, 0.5) is 0 Å². The van der Waals surface area contributed by atoms with Crippen molar-refractivity contribution in [2.75, 3.05) is 26.8 Å². The van der Waals surface area contributed by atoms with Gasteiger partial charge in [0.1, 0.15) is 5.41 Å². The summed E-state index contributed by atoms with van der Waals surface area (Å²) in [6.45, 7) is 1.84. The lowest BCUT2D eigenvalue weighted by molar-refractivity contribution is -0.183. The molecule has 1 aromatic rings. The molecule has 1 aromatic heterocycles. The van der Waals surface area contributed by atoms with Gasteiger partial charge in [-0.25, -0.2) is 0 Å². The number of rotatable bonds is 5. The van der Waals surface area contributed by atoms with Gasteiger partial charge in [0.15, 0.2) is 0 Å². The van der Waals surface area contributed by atoms with Crippen molar-refractivity contribution in [1.29, 1.82) is 0 Å². The Kier molecular flexibility index (Phi) is 3.40. The molecule has 0 aromatic carbocycles. The molecule has 0 unspecified atom stereocenters. The summed E-state index contributed by atoms with van der Waals surface area (Å²) in [5.41, 5.74) is 0.408. The summed E-state index contributed by atoms with van der Waals surface area (Å²) in [5.74, 6) is -0.773. The molecule has 1 N–H and O–H groups in total. The number of aromatic nitrogens is 1. The summed E-state index contributed by atoms with van der Waals surface area (Å²) >= 11 is 0. The smallest absolute Gasteiger partial charge is 0.315 e. The number of pyridine rings is 1. The van der Waals surface area contributed by atoms with Gasteiger partial charge in [-0.2, -0.15) is 0 Å². The highest BCUT2D eigenvalue weighted by atomic mass is 16.5. The van der Waals surface area contributed by atoms with E-state index in [-0.39, 0.29) is 0 Å². The third-order valence-electron chi connectivity index (χ3n) is 2.98. The van der Waals surface area contributed by atoms with Gasteiger partial charge in [-0.1, -0.05) is 0 Å². The first kappa shape index (κ1) is 12.0.